The first-order valence-corrected chi connectivity index (χ1v) is 8.03. The molecular formula is C21H22N2O. The molecule has 3 nitrogen and oxygen atoms in total. The molecule has 122 valence electrons. The zero-order valence-electron chi connectivity index (χ0n) is 14.3. The summed E-state index contributed by atoms with van der Waals surface area (Å²) in [7, 11) is 0. The summed E-state index contributed by atoms with van der Waals surface area (Å²) in [6, 6.07) is 19.8. The number of nitrogen functional groups attached to an aromatic ring is 1. The second-order valence-electron chi connectivity index (χ2n) is 6.85. The van der Waals surface area contributed by atoms with Gasteiger partial charge in [-0.05, 0) is 52.9 Å². The quantitative estimate of drug-likeness (QED) is 0.656. The molecule has 2 aromatic carbocycles. The lowest BCUT2D eigenvalue weighted by Crippen LogP contribution is -2.10. The largest absolute Gasteiger partial charge is 0.438 e. The van der Waals surface area contributed by atoms with E-state index in [1.807, 2.05) is 36.4 Å². The summed E-state index contributed by atoms with van der Waals surface area (Å²) in [5.41, 5.74) is 9.92. The highest BCUT2D eigenvalue weighted by Crippen LogP contribution is 2.33. The van der Waals surface area contributed by atoms with Crippen molar-refractivity contribution in [3.63, 3.8) is 0 Å². The van der Waals surface area contributed by atoms with Crippen molar-refractivity contribution in [2.75, 3.05) is 5.73 Å². The summed E-state index contributed by atoms with van der Waals surface area (Å²) in [5, 5.41) is 0. The van der Waals surface area contributed by atoms with Gasteiger partial charge in [-0.2, -0.15) is 0 Å². The molecule has 0 spiro atoms. The normalized spacial score (nSPS) is 11.3. The molecule has 1 aromatic heterocycles. The average Bonchev–Trinajstić information content (AvgIpc) is 2.57. The maximum absolute atomic E-state index is 5.95. The summed E-state index contributed by atoms with van der Waals surface area (Å²) in [4.78, 5) is 4.39. The minimum absolute atomic E-state index is 0.136. The van der Waals surface area contributed by atoms with Gasteiger partial charge in [0.25, 0.3) is 0 Å². The van der Waals surface area contributed by atoms with Gasteiger partial charge in [0.1, 0.15) is 5.75 Å². The Balaban J connectivity index is 1.93. The Morgan fingerprint density at radius 1 is 0.875 bits per heavy atom. The van der Waals surface area contributed by atoms with Crippen molar-refractivity contribution in [2.24, 2.45) is 0 Å². The van der Waals surface area contributed by atoms with Crippen molar-refractivity contribution in [3.8, 4) is 22.8 Å². The van der Waals surface area contributed by atoms with Crippen LogP contribution in [0.3, 0.4) is 0 Å². The van der Waals surface area contributed by atoms with Crippen LogP contribution in [-0.4, -0.2) is 4.98 Å². The van der Waals surface area contributed by atoms with Crippen LogP contribution in [-0.2, 0) is 5.41 Å². The highest BCUT2D eigenvalue weighted by atomic mass is 16.5. The van der Waals surface area contributed by atoms with E-state index in [2.05, 4.69) is 50.0 Å². The minimum atomic E-state index is 0.136. The van der Waals surface area contributed by atoms with Gasteiger partial charge in [0, 0.05) is 17.4 Å². The Kier molecular flexibility index (Phi) is 4.26. The van der Waals surface area contributed by atoms with E-state index in [-0.39, 0.29) is 5.41 Å². The minimum Gasteiger partial charge on any atom is -0.438 e. The Labute approximate surface area is 143 Å². The van der Waals surface area contributed by atoms with Crippen LogP contribution in [0.25, 0.3) is 11.1 Å². The molecule has 0 aliphatic carbocycles. The van der Waals surface area contributed by atoms with Crippen LogP contribution < -0.4 is 10.5 Å². The third kappa shape index (κ3) is 3.57. The van der Waals surface area contributed by atoms with Crippen molar-refractivity contribution in [3.05, 3.63) is 72.4 Å². The summed E-state index contributed by atoms with van der Waals surface area (Å²) in [6.45, 7) is 6.63. The van der Waals surface area contributed by atoms with Crippen molar-refractivity contribution in [1.29, 1.82) is 0 Å². The van der Waals surface area contributed by atoms with Crippen LogP contribution in [0.15, 0.2) is 66.9 Å². The second kappa shape index (κ2) is 6.36. The predicted octanol–water partition coefficient (Wildman–Crippen LogP) is 5.42. The van der Waals surface area contributed by atoms with Crippen molar-refractivity contribution >= 4 is 5.69 Å². The van der Waals surface area contributed by atoms with E-state index in [4.69, 9.17) is 10.5 Å². The number of ether oxygens (including phenoxy) is 1. The van der Waals surface area contributed by atoms with Crippen molar-refractivity contribution in [2.45, 2.75) is 26.2 Å². The maximum Gasteiger partial charge on any atom is 0.227 e. The highest BCUT2D eigenvalue weighted by molar-refractivity contribution is 5.69. The van der Waals surface area contributed by atoms with Crippen molar-refractivity contribution < 1.29 is 4.74 Å². The van der Waals surface area contributed by atoms with Crippen LogP contribution in [0.5, 0.6) is 11.6 Å². The Hall–Kier alpha value is -2.81. The highest BCUT2D eigenvalue weighted by Gasteiger charge is 2.14. The fraction of sp³-hybridized carbons (Fsp3) is 0.190. The lowest BCUT2D eigenvalue weighted by Gasteiger charge is -2.19. The number of rotatable bonds is 3. The Bertz CT molecular complexity index is 816. The van der Waals surface area contributed by atoms with Gasteiger partial charge in [-0.25, -0.2) is 4.98 Å². The molecule has 3 rings (SSSR count). The second-order valence-corrected chi connectivity index (χ2v) is 6.85. The van der Waals surface area contributed by atoms with E-state index in [1.165, 1.54) is 5.56 Å². The first-order chi connectivity index (χ1) is 11.4. The number of benzene rings is 2. The van der Waals surface area contributed by atoms with E-state index in [0.717, 1.165) is 16.9 Å². The number of hydrogen-bond donors (Lipinski definition) is 1. The first-order valence-electron chi connectivity index (χ1n) is 8.03. The summed E-state index contributed by atoms with van der Waals surface area (Å²) in [6.07, 6.45) is 1.74. The molecular weight excluding hydrogens is 296 g/mol. The fourth-order valence-electron chi connectivity index (χ4n) is 2.49. The van der Waals surface area contributed by atoms with Gasteiger partial charge < -0.3 is 10.5 Å². The Morgan fingerprint density at radius 3 is 2.17 bits per heavy atom. The molecule has 0 radical (unpaired) electrons. The smallest absolute Gasteiger partial charge is 0.227 e. The zero-order chi connectivity index (χ0) is 17.2. The fourth-order valence-corrected chi connectivity index (χ4v) is 2.49. The van der Waals surface area contributed by atoms with E-state index in [0.29, 0.717) is 11.6 Å². The molecule has 0 aliphatic heterocycles. The number of aromatic nitrogens is 1. The molecule has 24 heavy (non-hydrogen) atoms. The number of nitrogens with two attached hydrogens (primary N) is 1. The van der Waals surface area contributed by atoms with E-state index >= 15 is 0 Å². The van der Waals surface area contributed by atoms with Gasteiger partial charge in [0.15, 0.2) is 0 Å². The van der Waals surface area contributed by atoms with Gasteiger partial charge in [0.2, 0.25) is 5.88 Å². The van der Waals surface area contributed by atoms with Crippen LogP contribution >= 0.6 is 0 Å². The van der Waals surface area contributed by atoms with Crippen LogP contribution in [0.2, 0.25) is 0 Å². The SMILES string of the molecule is CC(C)(C)c1ccc(-c2cccnc2Oc2ccc(N)cc2)cc1. The molecule has 0 amide bonds. The average molecular weight is 318 g/mol. The molecule has 0 saturated carbocycles. The molecule has 1 heterocycles. The zero-order valence-corrected chi connectivity index (χ0v) is 14.3. The topological polar surface area (TPSA) is 48.1 Å². The molecule has 0 unspecified atom stereocenters. The van der Waals surface area contributed by atoms with Crippen LogP contribution in [0.1, 0.15) is 26.3 Å². The molecule has 3 heteroatoms. The van der Waals surface area contributed by atoms with Gasteiger partial charge in [0.05, 0.1) is 0 Å². The lowest BCUT2D eigenvalue weighted by atomic mass is 9.86. The molecule has 0 fully saturated rings. The molecule has 0 saturated heterocycles. The molecule has 0 aliphatic rings. The summed E-state index contributed by atoms with van der Waals surface area (Å²) >= 11 is 0. The first kappa shape index (κ1) is 16.1. The summed E-state index contributed by atoms with van der Waals surface area (Å²) < 4.78 is 5.95. The third-order valence-corrected chi connectivity index (χ3v) is 3.93. The standard InChI is InChI=1S/C21H22N2O/c1-21(2,3)16-8-6-15(7-9-16)19-5-4-14-23-20(19)24-18-12-10-17(22)11-13-18/h4-14H,22H2,1-3H3. The number of hydrogen-bond acceptors (Lipinski definition) is 3. The number of nitrogens with zero attached hydrogens (tertiary/aromatic N) is 1. The molecule has 2 N–H and O–H groups in total. The van der Waals surface area contributed by atoms with E-state index < -0.39 is 0 Å². The number of pyridine rings is 1. The molecule has 0 bridgehead atoms. The lowest BCUT2D eigenvalue weighted by molar-refractivity contribution is 0.465. The maximum atomic E-state index is 5.95. The molecule has 0 atom stereocenters. The van der Waals surface area contributed by atoms with Crippen LogP contribution in [0, 0.1) is 0 Å². The monoisotopic (exact) mass is 318 g/mol. The van der Waals surface area contributed by atoms with Crippen molar-refractivity contribution in [1.82, 2.24) is 4.98 Å². The van der Waals surface area contributed by atoms with Crippen LogP contribution in [0.4, 0.5) is 5.69 Å². The van der Waals surface area contributed by atoms with Gasteiger partial charge in [-0.3, -0.25) is 0 Å². The van der Waals surface area contributed by atoms with Gasteiger partial charge >= 0.3 is 0 Å². The van der Waals surface area contributed by atoms with Gasteiger partial charge in [-0.15, -0.1) is 0 Å². The van der Waals surface area contributed by atoms with Gasteiger partial charge in [-0.1, -0.05) is 45.0 Å². The summed E-state index contributed by atoms with van der Waals surface area (Å²) in [5.74, 6) is 1.31. The molecule has 3 aromatic rings. The third-order valence-electron chi connectivity index (χ3n) is 3.93. The van der Waals surface area contributed by atoms with E-state index in [9.17, 15) is 0 Å². The number of anilines is 1. The Morgan fingerprint density at radius 2 is 1.54 bits per heavy atom. The predicted molar refractivity (Wildman–Crippen MR) is 99.3 cm³/mol. The van der Waals surface area contributed by atoms with E-state index in [1.54, 1.807) is 6.20 Å².